The lowest BCUT2D eigenvalue weighted by molar-refractivity contribution is 0.301. The highest BCUT2D eigenvalue weighted by atomic mass is 16.5. The van der Waals surface area contributed by atoms with E-state index < -0.39 is 0 Å². The smallest absolute Gasteiger partial charge is 0.336 e. The second-order valence-corrected chi connectivity index (χ2v) is 4.06. The van der Waals surface area contributed by atoms with Crippen LogP contribution in [0.25, 0.3) is 11.0 Å². The summed E-state index contributed by atoms with van der Waals surface area (Å²) in [4.78, 5) is 15.3. The van der Waals surface area contributed by atoms with E-state index >= 15 is 0 Å². The molecular weight excluding hydrogens is 242 g/mol. The van der Waals surface area contributed by atoms with Gasteiger partial charge in [-0.25, -0.2) is 4.79 Å². The molecular formula is C15H11NO3. The lowest BCUT2D eigenvalue weighted by Crippen LogP contribution is -1.98. The number of aromatic nitrogens is 1. The predicted octanol–water partition coefficient (Wildman–Crippen LogP) is 2.77. The molecule has 0 spiro atoms. The SMILES string of the molecule is O=c1ccc2ccc(OCc3ccccn3)cc2o1. The molecule has 0 aliphatic carbocycles. The van der Waals surface area contributed by atoms with Crippen LogP contribution < -0.4 is 10.4 Å². The molecule has 0 bridgehead atoms. The van der Waals surface area contributed by atoms with Crippen molar-refractivity contribution in [3.05, 3.63) is 70.8 Å². The highest BCUT2D eigenvalue weighted by molar-refractivity contribution is 5.77. The van der Waals surface area contributed by atoms with Crippen molar-refractivity contribution in [2.24, 2.45) is 0 Å². The molecule has 0 aliphatic heterocycles. The Morgan fingerprint density at radius 2 is 2.00 bits per heavy atom. The van der Waals surface area contributed by atoms with Crippen molar-refractivity contribution < 1.29 is 9.15 Å². The highest BCUT2D eigenvalue weighted by Crippen LogP contribution is 2.20. The molecule has 0 amide bonds. The van der Waals surface area contributed by atoms with E-state index in [4.69, 9.17) is 9.15 Å². The van der Waals surface area contributed by atoms with Gasteiger partial charge < -0.3 is 9.15 Å². The van der Waals surface area contributed by atoms with Gasteiger partial charge in [0.25, 0.3) is 0 Å². The van der Waals surface area contributed by atoms with E-state index in [-0.39, 0.29) is 5.63 Å². The molecule has 0 unspecified atom stereocenters. The fourth-order valence-electron chi connectivity index (χ4n) is 1.77. The fraction of sp³-hybridized carbons (Fsp3) is 0.0667. The van der Waals surface area contributed by atoms with Crippen LogP contribution in [0.4, 0.5) is 0 Å². The van der Waals surface area contributed by atoms with Crippen molar-refractivity contribution in [2.75, 3.05) is 0 Å². The van der Waals surface area contributed by atoms with E-state index in [0.29, 0.717) is 17.9 Å². The Morgan fingerprint density at radius 1 is 1.11 bits per heavy atom. The highest BCUT2D eigenvalue weighted by Gasteiger charge is 2.01. The molecule has 0 fully saturated rings. The normalized spacial score (nSPS) is 10.5. The zero-order chi connectivity index (χ0) is 13.1. The monoisotopic (exact) mass is 253 g/mol. The van der Waals surface area contributed by atoms with Crippen molar-refractivity contribution >= 4 is 11.0 Å². The maximum absolute atomic E-state index is 11.2. The first kappa shape index (κ1) is 11.5. The maximum atomic E-state index is 11.2. The van der Waals surface area contributed by atoms with Crippen LogP contribution in [-0.2, 0) is 6.61 Å². The molecule has 0 saturated carbocycles. The average Bonchev–Trinajstić information content (AvgIpc) is 2.46. The standard InChI is InChI=1S/C15H11NO3/c17-15-7-5-11-4-6-13(9-14(11)19-15)18-10-12-3-1-2-8-16-12/h1-9H,10H2. The molecule has 3 rings (SSSR count). The Morgan fingerprint density at radius 3 is 2.84 bits per heavy atom. The molecule has 4 heteroatoms. The third kappa shape index (κ3) is 2.63. The van der Waals surface area contributed by atoms with Crippen LogP contribution in [0.1, 0.15) is 5.69 Å². The average molecular weight is 253 g/mol. The number of hydrogen-bond donors (Lipinski definition) is 0. The van der Waals surface area contributed by atoms with Crippen LogP contribution >= 0.6 is 0 Å². The maximum Gasteiger partial charge on any atom is 0.336 e. The minimum Gasteiger partial charge on any atom is -0.487 e. The van der Waals surface area contributed by atoms with Gasteiger partial charge in [-0.3, -0.25) is 4.98 Å². The fourth-order valence-corrected chi connectivity index (χ4v) is 1.77. The summed E-state index contributed by atoms with van der Waals surface area (Å²) in [5.74, 6) is 0.646. The minimum atomic E-state index is -0.366. The van der Waals surface area contributed by atoms with Gasteiger partial charge in [0.2, 0.25) is 0 Å². The molecule has 2 heterocycles. The number of hydrogen-bond acceptors (Lipinski definition) is 4. The number of nitrogens with zero attached hydrogens (tertiary/aromatic N) is 1. The van der Waals surface area contributed by atoms with Crippen LogP contribution in [-0.4, -0.2) is 4.98 Å². The summed E-state index contributed by atoms with van der Waals surface area (Å²) >= 11 is 0. The quantitative estimate of drug-likeness (QED) is 0.673. The van der Waals surface area contributed by atoms with E-state index in [9.17, 15) is 4.79 Å². The lowest BCUT2D eigenvalue weighted by atomic mass is 10.2. The van der Waals surface area contributed by atoms with Gasteiger partial charge in [-0.1, -0.05) is 6.07 Å². The molecule has 0 aliphatic rings. The first-order valence-corrected chi connectivity index (χ1v) is 5.88. The lowest BCUT2D eigenvalue weighted by Gasteiger charge is -2.06. The van der Waals surface area contributed by atoms with Crippen LogP contribution in [0.15, 0.2) is 63.9 Å². The number of benzene rings is 1. The molecule has 1 aromatic carbocycles. The van der Waals surface area contributed by atoms with Crippen molar-refractivity contribution in [3.8, 4) is 5.75 Å². The molecule has 4 nitrogen and oxygen atoms in total. The van der Waals surface area contributed by atoms with Gasteiger partial charge in [-0.15, -0.1) is 0 Å². The van der Waals surface area contributed by atoms with Gasteiger partial charge in [0, 0.05) is 23.7 Å². The molecule has 2 aromatic heterocycles. The van der Waals surface area contributed by atoms with Crippen LogP contribution in [0.5, 0.6) is 5.75 Å². The summed E-state index contributed by atoms with van der Waals surface area (Å²) in [6, 6.07) is 14.2. The van der Waals surface area contributed by atoms with Gasteiger partial charge in [-0.05, 0) is 30.3 Å². The summed E-state index contributed by atoms with van der Waals surface area (Å²) in [5.41, 5.74) is 0.998. The zero-order valence-electron chi connectivity index (χ0n) is 10.1. The van der Waals surface area contributed by atoms with Crippen molar-refractivity contribution in [1.29, 1.82) is 0 Å². The molecule has 19 heavy (non-hydrogen) atoms. The van der Waals surface area contributed by atoms with E-state index in [1.165, 1.54) is 6.07 Å². The largest absolute Gasteiger partial charge is 0.487 e. The van der Waals surface area contributed by atoms with Gasteiger partial charge >= 0.3 is 5.63 Å². The minimum absolute atomic E-state index is 0.366. The summed E-state index contributed by atoms with van der Waals surface area (Å²) < 4.78 is 10.7. The summed E-state index contributed by atoms with van der Waals surface area (Å²) in [6.07, 6.45) is 1.72. The second-order valence-electron chi connectivity index (χ2n) is 4.06. The van der Waals surface area contributed by atoms with Crippen molar-refractivity contribution in [3.63, 3.8) is 0 Å². The predicted molar refractivity (Wildman–Crippen MR) is 71.1 cm³/mol. The Labute approximate surface area is 109 Å². The third-order valence-electron chi connectivity index (χ3n) is 2.71. The van der Waals surface area contributed by atoms with Crippen LogP contribution in [0, 0.1) is 0 Å². The first-order chi connectivity index (χ1) is 9.31. The number of rotatable bonds is 3. The first-order valence-electron chi connectivity index (χ1n) is 5.88. The van der Waals surface area contributed by atoms with E-state index in [1.54, 1.807) is 18.3 Å². The van der Waals surface area contributed by atoms with Crippen molar-refractivity contribution in [2.45, 2.75) is 6.61 Å². The zero-order valence-corrected chi connectivity index (χ0v) is 10.1. The summed E-state index contributed by atoms with van der Waals surface area (Å²) in [6.45, 7) is 0.378. The number of fused-ring (bicyclic) bond motifs is 1. The molecule has 3 aromatic rings. The molecule has 0 atom stereocenters. The Balaban J connectivity index is 1.83. The second kappa shape index (κ2) is 4.94. The summed E-state index contributed by atoms with van der Waals surface area (Å²) in [7, 11) is 0. The Kier molecular flexibility index (Phi) is 2.98. The Bertz CT molecular complexity index is 750. The van der Waals surface area contributed by atoms with Gasteiger partial charge in [0.05, 0.1) is 5.69 Å². The van der Waals surface area contributed by atoms with E-state index in [0.717, 1.165) is 11.1 Å². The van der Waals surface area contributed by atoms with Gasteiger partial charge in [0.1, 0.15) is 17.9 Å². The van der Waals surface area contributed by atoms with Crippen molar-refractivity contribution in [1.82, 2.24) is 4.98 Å². The summed E-state index contributed by atoms with van der Waals surface area (Å²) in [5, 5.41) is 0.866. The number of pyridine rings is 1. The van der Waals surface area contributed by atoms with E-state index in [1.807, 2.05) is 30.3 Å². The van der Waals surface area contributed by atoms with Crippen LogP contribution in [0.3, 0.4) is 0 Å². The third-order valence-corrected chi connectivity index (χ3v) is 2.71. The Hall–Kier alpha value is -2.62. The van der Waals surface area contributed by atoms with E-state index in [2.05, 4.69) is 4.98 Å². The molecule has 0 N–H and O–H groups in total. The van der Waals surface area contributed by atoms with Gasteiger partial charge in [0.15, 0.2) is 0 Å². The van der Waals surface area contributed by atoms with Crippen LogP contribution in [0.2, 0.25) is 0 Å². The van der Waals surface area contributed by atoms with Gasteiger partial charge in [-0.2, -0.15) is 0 Å². The number of ether oxygens (including phenoxy) is 1. The molecule has 0 saturated heterocycles. The topological polar surface area (TPSA) is 52.3 Å². The molecule has 94 valence electrons. The molecule has 0 radical (unpaired) electrons.